The Labute approximate surface area is 141 Å². The predicted octanol–water partition coefficient (Wildman–Crippen LogP) is 3.74. The number of aromatic hydroxyl groups is 1. The largest absolute Gasteiger partial charge is 0.505 e. The van der Waals surface area contributed by atoms with Gasteiger partial charge in [-0.2, -0.15) is 0 Å². The number of benzene rings is 1. The normalized spacial score (nSPS) is 11.2. The quantitative estimate of drug-likeness (QED) is 0.799. The van der Waals surface area contributed by atoms with Crippen LogP contribution in [0.25, 0.3) is 22.2 Å². The third-order valence-corrected chi connectivity index (χ3v) is 4.59. The van der Waals surface area contributed by atoms with Crippen molar-refractivity contribution in [2.75, 3.05) is 0 Å². The fourth-order valence-corrected chi connectivity index (χ4v) is 3.39. The van der Waals surface area contributed by atoms with Crippen LogP contribution in [0, 0.1) is 6.92 Å². The summed E-state index contributed by atoms with van der Waals surface area (Å²) >= 11 is 0. The molecule has 0 amide bonds. The summed E-state index contributed by atoms with van der Waals surface area (Å²) in [6.07, 6.45) is 3.23. The number of rotatable bonds is 3. The van der Waals surface area contributed by atoms with Gasteiger partial charge >= 0.3 is 0 Å². The average Bonchev–Trinajstić information content (AvgIpc) is 2.60. The van der Waals surface area contributed by atoms with Crippen molar-refractivity contribution in [1.29, 1.82) is 0 Å². The van der Waals surface area contributed by atoms with Crippen LogP contribution < -0.4 is 5.56 Å². The SMILES string of the molecule is CCc1cc(C)cc(CC)c1-c1c(O)c2ncccc2n(C)c1=O. The Hall–Kier alpha value is -2.62. The van der Waals surface area contributed by atoms with Gasteiger partial charge in [-0.25, -0.2) is 0 Å². The molecule has 24 heavy (non-hydrogen) atoms. The van der Waals surface area contributed by atoms with Crippen molar-refractivity contribution in [3.05, 3.63) is 57.5 Å². The van der Waals surface area contributed by atoms with Gasteiger partial charge in [0.25, 0.3) is 5.56 Å². The molecule has 0 aliphatic carbocycles. The number of pyridine rings is 2. The summed E-state index contributed by atoms with van der Waals surface area (Å²) in [6, 6.07) is 7.75. The molecule has 4 heteroatoms. The molecule has 0 spiro atoms. The first kappa shape index (κ1) is 16.2. The molecular weight excluding hydrogens is 300 g/mol. The van der Waals surface area contributed by atoms with E-state index in [9.17, 15) is 9.90 Å². The first-order valence-corrected chi connectivity index (χ1v) is 8.29. The molecular formula is C20H22N2O2. The Morgan fingerprint density at radius 3 is 2.33 bits per heavy atom. The molecule has 4 nitrogen and oxygen atoms in total. The first-order chi connectivity index (χ1) is 11.5. The monoisotopic (exact) mass is 322 g/mol. The molecule has 0 unspecified atom stereocenters. The molecule has 1 aromatic carbocycles. The van der Waals surface area contributed by atoms with Crippen LogP contribution in [0.2, 0.25) is 0 Å². The van der Waals surface area contributed by atoms with E-state index in [4.69, 9.17) is 0 Å². The molecule has 1 N–H and O–H groups in total. The minimum atomic E-state index is -0.193. The van der Waals surface area contributed by atoms with E-state index in [1.165, 1.54) is 5.56 Å². The Bertz CT molecular complexity index is 962. The van der Waals surface area contributed by atoms with Gasteiger partial charge in [-0.3, -0.25) is 9.78 Å². The number of fused-ring (bicyclic) bond motifs is 1. The van der Waals surface area contributed by atoms with Crippen molar-refractivity contribution in [1.82, 2.24) is 9.55 Å². The van der Waals surface area contributed by atoms with E-state index in [0.717, 1.165) is 29.5 Å². The van der Waals surface area contributed by atoms with E-state index in [1.807, 2.05) is 0 Å². The summed E-state index contributed by atoms with van der Waals surface area (Å²) in [7, 11) is 1.72. The highest BCUT2D eigenvalue weighted by molar-refractivity contribution is 5.90. The topological polar surface area (TPSA) is 55.1 Å². The number of aryl methyl sites for hydroxylation is 4. The zero-order chi connectivity index (χ0) is 17.4. The Morgan fingerprint density at radius 2 is 1.75 bits per heavy atom. The molecule has 0 bridgehead atoms. The van der Waals surface area contributed by atoms with Gasteiger partial charge in [0.2, 0.25) is 0 Å². The zero-order valence-electron chi connectivity index (χ0n) is 14.6. The number of hydrogen-bond acceptors (Lipinski definition) is 3. The summed E-state index contributed by atoms with van der Waals surface area (Å²) in [6.45, 7) is 6.19. The number of aromatic nitrogens is 2. The van der Waals surface area contributed by atoms with Crippen molar-refractivity contribution >= 4 is 11.0 Å². The van der Waals surface area contributed by atoms with Gasteiger partial charge in [0.05, 0.1) is 11.1 Å². The fourth-order valence-electron chi connectivity index (χ4n) is 3.39. The first-order valence-electron chi connectivity index (χ1n) is 8.29. The van der Waals surface area contributed by atoms with E-state index in [1.54, 1.807) is 29.9 Å². The molecule has 0 radical (unpaired) electrons. The molecule has 0 saturated carbocycles. The van der Waals surface area contributed by atoms with Gasteiger partial charge < -0.3 is 9.67 Å². The summed E-state index contributed by atoms with van der Waals surface area (Å²) in [4.78, 5) is 17.3. The lowest BCUT2D eigenvalue weighted by Crippen LogP contribution is -2.20. The average molecular weight is 322 g/mol. The molecule has 2 aromatic heterocycles. The van der Waals surface area contributed by atoms with Crippen LogP contribution in [0.1, 0.15) is 30.5 Å². The second kappa shape index (κ2) is 6.11. The van der Waals surface area contributed by atoms with Crippen molar-refractivity contribution in [3.8, 4) is 16.9 Å². The van der Waals surface area contributed by atoms with Crippen LogP contribution in [0.4, 0.5) is 0 Å². The summed E-state index contributed by atoms with van der Waals surface area (Å²) in [5.41, 5.74) is 5.44. The minimum absolute atomic E-state index is 0.0260. The van der Waals surface area contributed by atoms with Crippen LogP contribution in [0.15, 0.2) is 35.3 Å². The highest BCUT2D eigenvalue weighted by Gasteiger charge is 2.21. The third-order valence-electron chi connectivity index (χ3n) is 4.59. The lowest BCUT2D eigenvalue weighted by atomic mass is 9.90. The highest BCUT2D eigenvalue weighted by Crippen LogP contribution is 2.36. The van der Waals surface area contributed by atoms with Crippen LogP contribution in [0.3, 0.4) is 0 Å². The van der Waals surface area contributed by atoms with Gasteiger partial charge in [0.1, 0.15) is 5.52 Å². The van der Waals surface area contributed by atoms with Crippen LogP contribution in [-0.2, 0) is 19.9 Å². The highest BCUT2D eigenvalue weighted by atomic mass is 16.3. The van der Waals surface area contributed by atoms with Crippen LogP contribution in [0.5, 0.6) is 5.75 Å². The fraction of sp³-hybridized carbons (Fsp3) is 0.300. The maximum absolute atomic E-state index is 13.0. The molecule has 0 aliphatic rings. The minimum Gasteiger partial charge on any atom is -0.505 e. The van der Waals surface area contributed by atoms with Gasteiger partial charge in [-0.1, -0.05) is 31.5 Å². The molecule has 0 fully saturated rings. The molecule has 3 rings (SSSR count). The van der Waals surface area contributed by atoms with Crippen LogP contribution >= 0.6 is 0 Å². The summed E-state index contributed by atoms with van der Waals surface area (Å²) in [5, 5.41) is 10.8. The Kier molecular flexibility index (Phi) is 4.14. The van der Waals surface area contributed by atoms with Gasteiger partial charge in [0.15, 0.2) is 5.75 Å². The molecule has 0 aliphatic heterocycles. The van der Waals surface area contributed by atoms with E-state index >= 15 is 0 Å². The maximum atomic E-state index is 13.0. The van der Waals surface area contributed by atoms with E-state index in [2.05, 4.69) is 37.9 Å². The van der Waals surface area contributed by atoms with Crippen molar-refractivity contribution in [2.45, 2.75) is 33.6 Å². The van der Waals surface area contributed by atoms with Crippen LogP contribution in [-0.4, -0.2) is 14.7 Å². The summed E-state index contributed by atoms with van der Waals surface area (Å²) < 4.78 is 1.57. The third kappa shape index (κ3) is 2.39. The van der Waals surface area contributed by atoms with E-state index < -0.39 is 0 Å². The second-order valence-corrected chi connectivity index (χ2v) is 6.12. The molecule has 3 aromatic rings. The van der Waals surface area contributed by atoms with Crippen molar-refractivity contribution in [3.63, 3.8) is 0 Å². The van der Waals surface area contributed by atoms with Gasteiger partial charge in [-0.05, 0) is 48.6 Å². The van der Waals surface area contributed by atoms with Gasteiger partial charge in [-0.15, -0.1) is 0 Å². The number of nitrogens with zero attached hydrogens (tertiary/aromatic N) is 2. The summed E-state index contributed by atoms with van der Waals surface area (Å²) in [5.74, 6) is -0.0260. The van der Waals surface area contributed by atoms with E-state index in [0.29, 0.717) is 16.6 Å². The lowest BCUT2D eigenvalue weighted by Gasteiger charge is -2.17. The molecule has 0 saturated heterocycles. The second-order valence-electron chi connectivity index (χ2n) is 6.12. The molecule has 2 heterocycles. The molecule has 124 valence electrons. The number of hydrogen-bond donors (Lipinski definition) is 1. The van der Waals surface area contributed by atoms with Gasteiger partial charge in [0, 0.05) is 13.2 Å². The van der Waals surface area contributed by atoms with Crippen molar-refractivity contribution < 1.29 is 5.11 Å². The van der Waals surface area contributed by atoms with Crippen molar-refractivity contribution in [2.24, 2.45) is 7.05 Å². The lowest BCUT2D eigenvalue weighted by molar-refractivity contribution is 0.480. The Balaban J connectivity index is 2.50. The predicted molar refractivity (Wildman–Crippen MR) is 97.6 cm³/mol. The zero-order valence-corrected chi connectivity index (χ0v) is 14.6. The Morgan fingerprint density at radius 1 is 1.12 bits per heavy atom. The smallest absolute Gasteiger partial charge is 0.262 e. The maximum Gasteiger partial charge on any atom is 0.262 e. The van der Waals surface area contributed by atoms with E-state index in [-0.39, 0.29) is 11.3 Å². The standard InChI is InChI=1S/C20H22N2O2/c1-5-13-10-12(3)11-14(6-2)16(13)17-19(23)18-15(8-7-9-21-18)22(4)20(17)24/h7-11,23H,5-6H2,1-4H3. The molecule has 0 atom stereocenters.